The quantitative estimate of drug-likeness (QED) is 0.351. The van der Waals surface area contributed by atoms with Crippen molar-refractivity contribution in [2.45, 2.75) is 6.54 Å². The largest absolute Gasteiger partial charge is 0.497 e. The molecule has 1 N–H and O–H groups in total. The van der Waals surface area contributed by atoms with Gasteiger partial charge in [-0.1, -0.05) is 18.2 Å². The van der Waals surface area contributed by atoms with Crippen LogP contribution in [-0.4, -0.2) is 35.4 Å². The number of carbonyl (C=O) groups is 1. The van der Waals surface area contributed by atoms with Gasteiger partial charge in [0.05, 0.1) is 19.9 Å². The van der Waals surface area contributed by atoms with Crippen molar-refractivity contribution < 1.29 is 14.3 Å². The fourth-order valence-electron chi connectivity index (χ4n) is 3.23. The predicted molar refractivity (Wildman–Crippen MR) is 120 cm³/mol. The molecule has 0 aliphatic carbocycles. The number of ether oxygens (including phenoxy) is 2. The Morgan fingerprint density at radius 1 is 1.06 bits per heavy atom. The maximum absolute atomic E-state index is 12.1. The van der Waals surface area contributed by atoms with Crippen LogP contribution >= 0.6 is 0 Å². The standard InChI is InChI=1S/C24H22N4O3/c1-30-20-6-8-21(9-7-20)31-15-14-28-17-19(22-4-2-3-5-23(22)28)16-26-27-24(29)18-10-12-25-13-11-18/h2-13,16-17H,14-15H2,1H3,(H,27,29). The summed E-state index contributed by atoms with van der Waals surface area (Å²) in [6, 6.07) is 18.8. The molecule has 7 heteroatoms. The van der Waals surface area contributed by atoms with Crippen molar-refractivity contribution in [2.75, 3.05) is 13.7 Å². The molecule has 1 amide bonds. The van der Waals surface area contributed by atoms with Gasteiger partial charge in [0.1, 0.15) is 18.1 Å². The Morgan fingerprint density at radius 3 is 2.58 bits per heavy atom. The molecule has 4 aromatic rings. The highest BCUT2D eigenvalue weighted by Gasteiger charge is 2.08. The predicted octanol–water partition coefficient (Wildman–Crippen LogP) is 3.89. The molecule has 0 saturated heterocycles. The third-order valence-corrected chi connectivity index (χ3v) is 4.79. The highest BCUT2D eigenvalue weighted by molar-refractivity contribution is 6.00. The van der Waals surface area contributed by atoms with Gasteiger partial charge in [0.2, 0.25) is 0 Å². The van der Waals surface area contributed by atoms with Crippen molar-refractivity contribution in [2.24, 2.45) is 5.10 Å². The SMILES string of the molecule is COc1ccc(OCCn2cc(C=NNC(=O)c3ccncc3)c3ccccc32)cc1. The van der Waals surface area contributed by atoms with Crippen LogP contribution in [0.5, 0.6) is 11.5 Å². The number of para-hydroxylation sites is 1. The van der Waals surface area contributed by atoms with Gasteiger partial charge in [-0.25, -0.2) is 5.43 Å². The summed E-state index contributed by atoms with van der Waals surface area (Å²) in [7, 11) is 1.64. The minimum Gasteiger partial charge on any atom is -0.497 e. The van der Waals surface area contributed by atoms with E-state index in [9.17, 15) is 4.79 Å². The molecule has 2 aromatic carbocycles. The third kappa shape index (κ3) is 4.90. The van der Waals surface area contributed by atoms with Crippen molar-refractivity contribution in [3.05, 3.63) is 90.4 Å². The van der Waals surface area contributed by atoms with Crippen LogP contribution in [-0.2, 0) is 6.54 Å². The first-order valence-corrected chi connectivity index (χ1v) is 9.83. The molecule has 0 atom stereocenters. The van der Waals surface area contributed by atoms with Gasteiger partial charge in [-0.05, 0) is 42.5 Å². The molecule has 0 unspecified atom stereocenters. The number of hydrogen-bond acceptors (Lipinski definition) is 5. The molecule has 4 rings (SSSR count). The van der Waals surface area contributed by atoms with E-state index >= 15 is 0 Å². The Balaban J connectivity index is 1.43. The summed E-state index contributed by atoms with van der Waals surface area (Å²) in [5, 5.41) is 5.17. The molecule has 0 saturated carbocycles. The Morgan fingerprint density at radius 2 is 1.81 bits per heavy atom. The van der Waals surface area contributed by atoms with E-state index in [2.05, 4.69) is 26.1 Å². The lowest BCUT2D eigenvalue weighted by Crippen LogP contribution is -2.17. The molecule has 0 aliphatic heterocycles. The average molecular weight is 414 g/mol. The lowest BCUT2D eigenvalue weighted by atomic mass is 10.2. The van der Waals surface area contributed by atoms with Crippen molar-refractivity contribution in [1.82, 2.24) is 15.0 Å². The second kappa shape index (κ2) is 9.58. The number of aromatic nitrogens is 2. The number of nitrogens with zero attached hydrogens (tertiary/aromatic N) is 3. The Bertz CT molecular complexity index is 1180. The topological polar surface area (TPSA) is 77.7 Å². The molecule has 0 spiro atoms. The summed E-state index contributed by atoms with van der Waals surface area (Å²) in [5.74, 6) is 1.30. The average Bonchev–Trinajstić information content (AvgIpc) is 3.18. The number of hydrogen-bond donors (Lipinski definition) is 1. The van der Waals surface area contributed by atoms with E-state index in [-0.39, 0.29) is 5.91 Å². The van der Waals surface area contributed by atoms with E-state index in [0.29, 0.717) is 18.7 Å². The van der Waals surface area contributed by atoms with Gasteiger partial charge in [-0.3, -0.25) is 9.78 Å². The van der Waals surface area contributed by atoms with E-state index in [1.807, 2.05) is 48.7 Å². The summed E-state index contributed by atoms with van der Waals surface area (Å²) >= 11 is 0. The molecule has 156 valence electrons. The summed E-state index contributed by atoms with van der Waals surface area (Å²) in [6.07, 6.45) is 6.80. The number of rotatable bonds is 8. The molecule has 2 aromatic heterocycles. The van der Waals surface area contributed by atoms with E-state index in [1.165, 1.54) is 0 Å². The molecule has 31 heavy (non-hydrogen) atoms. The molecule has 0 radical (unpaired) electrons. The molecule has 2 heterocycles. The van der Waals surface area contributed by atoms with Crippen molar-refractivity contribution in [1.29, 1.82) is 0 Å². The Labute approximate surface area is 179 Å². The van der Waals surface area contributed by atoms with E-state index in [1.54, 1.807) is 37.9 Å². The molecular weight excluding hydrogens is 392 g/mol. The first-order chi connectivity index (χ1) is 15.2. The van der Waals surface area contributed by atoms with Crippen LogP contribution in [0.1, 0.15) is 15.9 Å². The lowest BCUT2D eigenvalue weighted by Gasteiger charge is -2.09. The number of benzene rings is 2. The van der Waals surface area contributed by atoms with Gasteiger partial charge in [0, 0.05) is 40.6 Å². The zero-order valence-corrected chi connectivity index (χ0v) is 17.1. The maximum atomic E-state index is 12.1. The molecule has 7 nitrogen and oxygen atoms in total. The number of amides is 1. The Hall–Kier alpha value is -4.13. The van der Waals surface area contributed by atoms with Gasteiger partial charge >= 0.3 is 0 Å². The fourth-order valence-corrected chi connectivity index (χ4v) is 3.23. The van der Waals surface area contributed by atoms with Crippen LogP contribution < -0.4 is 14.9 Å². The number of carbonyl (C=O) groups excluding carboxylic acids is 1. The second-order valence-corrected chi connectivity index (χ2v) is 6.75. The summed E-state index contributed by atoms with van der Waals surface area (Å²) in [5.41, 5.74) is 5.04. The Kier molecular flexibility index (Phi) is 6.23. The number of nitrogens with one attached hydrogen (secondary N) is 1. The fraction of sp³-hybridized carbons (Fsp3) is 0.125. The van der Waals surface area contributed by atoms with Crippen LogP contribution in [0.25, 0.3) is 10.9 Å². The smallest absolute Gasteiger partial charge is 0.271 e. The van der Waals surface area contributed by atoms with Crippen molar-refractivity contribution in [3.8, 4) is 11.5 Å². The minimum absolute atomic E-state index is 0.282. The van der Waals surface area contributed by atoms with Crippen LogP contribution in [0.4, 0.5) is 0 Å². The monoisotopic (exact) mass is 414 g/mol. The van der Waals surface area contributed by atoms with Gasteiger partial charge in [-0.2, -0.15) is 5.10 Å². The van der Waals surface area contributed by atoms with Crippen LogP contribution in [0.15, 0.2) is 84.4 Å². The molecule has 0 bridgehead atoms. The summed E-state index contributed by atoms with van der Waals surface area (Å²) in [6.45, 7) is 1.18. The second-order valence-electron chi connectivity index (χ2n) is 6.75. The number of fused-ring (bicyclic) bond motifs is 1. The number of methoxy groups -OCH3 is 1. The maximum Gasteiger partial charge on any atom is 0.271 e. The normalized spacial score (nSPS) is 11.0. The third-order valence-electron chi connectivity index (χ3n) is 4.79. The molecule has 0 aliphatic rings. The first kappa shape index (κ1) is 20.2. The van der Waals surface area contributed by atoms with Gasteiger partial charge in [-0.15, -0.1) is 0 Å². The van der Waals surface area contributed by atoms with Crippen molar-refractivity contribution in [3.63, 3.8) is 0 Å². The first-order valence-electron chi connectivity index (χ1n) is 9.83. The van der Waals surface area contributed by atoms with Crippen LogP contribution in [0.2, 0.25) is 0 Å². The summed E-state index contributed by atoms with van der Waals surface area (Å²) < 4.78 is 13.1. The number of pyridine rings is 1. The zero-order chi connectivity index (χ0) is 21.5. The van der Waals surface area contributed by atoms with Gasteiger partial charge in [0.25, 0.3) is 5.91 Å². The lowest BCUT2D eigenvalue weighted by molar-refractivity contribution is 0.0955. The minimum atomic E-state index is -0.282. The van der Waals surface area contributed by atoms with E-state index in [4.69, 9.17) is 9.47 Å². The van der Waals surface area contributed by atoms with Gasteiger partial charge in [0.15, 0.2) is 0 Å². The van der Waals surface area contributed by atoms with E-state index < -0.39 is 0 Å². The van der Waals surface area contributed by atoms with Crippen molar-refractivity contribution >= 4 is 23.0 Å². The molecule has 0 fully saturated rings. The highest BCUT2D eigenvalue weighted by Crippen LogP contribution is 2.21. The van der Waals surface area contributed by atoms with Crippen LogP contribution in [0, 0.1) is 0 Å². The van der Waals surface area contributed by atoms with Crippen LogP contribution in [0.3, 0.4) is 0 Å². The van der Waals surface area contributed by atoms with E-state index in [0.717, 1.165) is 28.0 Å². The molecular formula is C24H22N4O3. The summed E-state index contributed by atoms with van der Waals surface area (Å²) in [4.78, 5) is 16.0. The highest BCUT2D eigenvalue weighted by atomic mass is 16.5. The van der Waals surface area contributed by atoms with Gasteiger partial charge < -0.3 is 14.0 Å². The number of hydrazone groups is 1. The zero-order valence-electron chi connectivity index (χ0n) is 17.1.